The summed E-state index contributed by atoms with van der Waals surface area (Å²) in [5.74, 6) is -0.199. The van der Waals surface area contributed by atoms with Crippen LogP contribution in [0, 0.1) is 12.7 Å². The predicted octanol–water partition coefficient (Wildman–Crippen LogP) is 3.89. The van der Waals surface area contributed by atoms with Crippen molar-refractivity contribution in [2.45, 2.75) is 58.3 Å². The average Bonchev–Trinajstić information content (AvgIpc) is 2.40. The summed E-state index contributed by atoms with van der Waals surface area (Å²) in [6, 6.07) is 5.25. The minimum absolute atomic E-state index is 0.114. The Bertz CT molecular complexity index is 434. The number of anilines is 1. The quantitative estimate of drug-likeness (QED) is 0.861. The van der Waals surface area contributed by atoms with Gasteiger partial charge in [0.2, 0.25) is 0 Å². The fourth-order valence-corrected chi connectivity index (χ4v) is 2.78. The molecule has 0 radical (unpaired) electrons. The van der Waals surface area contributed by atoms with Crippen molar-refractivity contribution < 1.29 is 9.13 Å². The molecule has 2 rings (SSSR count). The van der Waals surface area contributed by atoms with Gasteiger partial charge in [-0.2, -0.15) is 0 Å². The van der Waals surface area contributed by atoms with Gasteiger partial charge in [-0.15, -0.1) is 0 Å². The van der Waals surface area contributed by atoms with E-state index in [2.05, 4.69) is 33.0 Å². The minimum atomic E-state index is -0.293. The van der Waals surface area contributed by atoms with E-state index in [1.54, 1.807) is 6.07 Å². The standard InChI is InChI=1S/C15H22FNO/c1-10-7-6-8-11(16)13(10)17-12-9-14(2,3)18-15(12,4)5/h6-8,12,17H,9H2,1-5H3. The van der Waals surface area contributed by atoms with Crippen LogP contribution >= 0.6 is 0 Å². The van der Waals surface area contributed by atoms with Gasteiger partial charge in [-0.25, -0.2) is 4.39 Å². The van der Waals surface area contributed by atoms with Crippen molar-refractivity contribution in [2.75, 3.05) is 5.32 Å². The maximum Gasteiger partial charge on any atom is 0.146 e. The van der Waals surface area contributed by atoms with E-state index >= 15 is 0 Å². The van der Waals surface area contributed by atoms with Gasteiger partial charge in [0.05, 0.1) is 22.9 Å². The molecule has 18 heavy (non-hydrogen) atoms. The van der Waals surface area contributed by atoms with Crippen LogP contribution < -0.4 is 5.32 Å². The lowest BCUT2D eigenvalue weighted by Gasteiger charge is -2.29. The van der Waals surface area contributed by atoms with Crippen molar-refractivity contribution in [3.63, 3.8) is 0 Å². The highest BCUT2D eigenvalue weighted by Gasteiger charge is 2.46. The number of para-hydroxylation sites is 1. The van der Waals surface area contributed by atoms with Crippen LogP contribution in [-0.4, -0.2) is 17.2 Å². The molecule has 1 N–H and O–H groups in total. The van der Waals surface area contributed by atoms with Gasteiger partial charge >= 0.3 is 0 Å². The number of hydrogen-bond acceptors (Lipinski definition) is 2. The van der Waals surface area contributed by atoms with Crippen LogP contribution in [0.2, 0.25) is 0 Å². The van der Waals surface area contributed by atoms with Crippen molar-refractivity contribution in [1.29, 1.82) is 0 Å². The molecule has 0 saturated carbocycles. The molecule has 1 atom stereocenters. The maximum atomic E-state index is 13.8. The second-order valence-electron chi connectivity index (χ2n) is 6.30. The molecule has 1 heterocycles. The fourth-order valence-electron chi connectivity index (χ4n) is 2.78. The molecule has 1 fully saturated rings. The zero-order chi connectivity index (χ0) is 13.6. The number of ether oxygens (including phenoxy) is 1. The lowest BCUT2D eigenvalue weighted by molar-refractivity contribution is -0.0662. The van der Waals surface area contributed by atoms with Crippen LogP contribution in [0.5, 0.6) is 0 Å². The van der Waals surface area contributed by atoms with Gasteiger partial charge in [0.1, 0.15) is 5.82 Å². The highest BCUT2D eigenvalue weighted by Crippen LogP contribution is 2.39. The molecule has 0 aromatic heterocycles. The zero-order valence-corrected chi connectivity index (χ0v) is 11.8. The van der Waals surface area contributed by atoms with Crippen LogP contribution in [0.3, 0.4) is 0 Å². The molecular weight excluding hydrogens is 229 g/mol. The van der Waals surface area contributed by atoms with E-state index in [1.807, 2.05) is 13.0 Å². The maximum absolute atomic E-state index is 13.8. The van der Waals surface area contributed by atoms with Crippen LogP contribution in [-0.2, 0) is 4.74 Å². The van der Waals surface area contributed by atoms with Gasteiger partial charge in [0.15, 0.2) is 0 Å². The Morgan fingerprint density at radius 3 is 2.44 bits per heavy atom. The smallest absolute Gasteiger partial charge is 0.146 e. The lowest BCUT2D eigenvalue weighted by Crippen LogP contribution is -2.38. The first-order chi connectivity index (χ1) is 8.21. The highest BCUT2D eigenvalue weighted by atomic mass is 19.1. The Labute approximate surface area is 109 Å². The zero-order valence-electron chi connectivity index (χ0n) is 11.8. The molecule has 1 unspecified atom stereocenters. The average molecular weight is 251 g/mol. The molecule has 3 heteroatoms. The van der Waals surface area contributed by atoms with Crippen molar-refractivity contribution in [1.82, 2.24) is 0 Å². The fraction of sp³-hybridized carbons (Fsp3) is 0.600. The lowest BCUT2D eigenvalue weighted by atomic mass is 9.94. The first-order valence-electron chi connectivity index (χ1n) is 6.43. The molecule has 0 bridgehead atoms. The summed E-state index contributed by atoms with van der Waals surface area (Å²) in [7, 11) is 0. The first kappa shape index (κ1) is 13.3. The first-order valence-corrected chi connectivity index (χ1v) is 6.43. The number of benzene rings is 1. The SMILES string of the molecule is Cc1cccc(F)c1NC1CC(C)(C)OC1(C)C. The van der Waals surface area contributed by atoms with E-state index in [-0.39, 0.29) is 23.1 Å². The molecule has 1 aromatic rings. The molecule has 0 amide bonds. The van der Waals surface area contributed by atoms with Crippen LogP contribution in [0.4, 0.5) is 10.1 Å². The Morgan fingerprint density at radius 2 is 1.94 bits per heavy atom. The summed E-state index contributed by atoms with van der Waals surface area (Å²) in [4.78, 5) is 0. The summed E-state index contributed by atoms with van der Waals surface area (Å²) < 4.78 is 19.9. The van der Waals surface area contributed by atoms with Gasteiger partial charge in [-0.1, -0.05) is 12.1 Å². The topological polar surface area (TPSA) is 21.3 Å². The van der Waals surface area contributed by atoms with Gasteiger partial charge in [-0.3, -0.25) is 0 Å². The number of halogens is 1. The van der Waals surface area contributed by atoms with Crippen molar-refractivity contribution in [3.8, 4) is 0 Å². The Hall–Kier alpha value is -1.09. The monoisotopic (exact) mass is 251 g/mol. The van der Waals surface area contributed by atoms with E-state index in [9.17, 15) is 4.39 Å². The summed E-state index contributed by atoms with van der Waals surface area (Å²) in [6.45, 7) is 10.2. The van der Waals surface area contributed by atoms with E-state index < -0.39 is 0 Å². The third-order valence-corrected chi connectivity index (χ3v) is 3.61. The van der Waals surface area contributed by atoms with Crippen molar-refractivity contribution in [3.05, 3.63) is 29.6 Å². The molecule has 100 valence electrons. The number of nitrogens with one attached hydrogen (secondary N) is 1. The second-order valence-corrected chi connectivity index (χ2v) is 6.30. The van der Waals surface area contributed by atoms with E-state index in [0.717, 1.165) is 12.0 Å². The molecule has 1 aromatic carbocycles. The van der Waals surface area contributed by atoms with Gasteiger partial charge in [0.25, 0.3) is 0 Å². The third-order valence-electron chi connectivity index (χ3n) is 3.61. The number of rotatable bonds is 2. The van der Waals surface area contributed by atoms with E-state index in [0.29, 0.717) is 5.69 Å². The normalized spacial score (nSPS) is 25.1. The van der Waals surface area contributed by atoms with Gasteiger partial charge in [0, 0.05) is 0 Å². The molecule has 1 aliphatic heterocycles. The molecule has 0 spiro atoms. The Kier molecular flexibility index (Phi) is 3.14. The van der Waals surface area contributed by atoms with Gasteiger partial charge in [-0.05, 0) is 52.7 Å². The predicted molar refractivity (Wildman–Crippen MR) is 72.4 cm³/mol. The highest BCUT2D eigenvalue weighted by molar-refractivity contribution is 5.53. The minimum Gasteiger partial charge on any atom is -0.377 e. The van der Waals surface area contributed by atoms with E-state index in [1.165, 1.54) is 6.07 Å². The largest absolute Gasteiger partial charge is 0.377 e. The van der Waals surface area contributed by atoms with Crippen LogP contribution in [0.1, 0.15) is 39.7 Å². The summed E-state index contributed by atoms with van der Waals surface area (Å²) in [5, 5.41) is 3.32. The molecular formula is C15H22FNO. The van der Waals surface area contributed by atoms with Crippen LogP contribution in [0.25, 0.3) is 0 Å². The number of hydrogen-bond donors (Lipinski definition) is 1. The Morgan fingerprint density at radius 1 is 1.28 bits per heavy atom. The number of aryl methyl sites for hydroxylation is 1. The van der Waals surface area contributed by atoms with Crippen LogP contribution in [0.15, 0.2) is 18.2 Å². The summed E-state index contributed by atoms with van der Waals surface area (Å²) in [5.41, 5.74) is 1.06. The molecule has 1 saturated heterocycles. The van der Waals surface area contributed by atoms with Gasteiger partial charge < -0.3 is 10.1 Å². The Balaban J connectivity index is 2.25. The summed E-state index contributed by atoms with van der Waals surface area (Å²) in [6.07, 6.45) is 0.869. The summed E-state index contributed by atoms with van der Waals surface area (Å²) >= 11 is 0. The third kappa shape index (κ3) is 2.51. The molecule has 1 aliphatic rings. The molecule has 2 nitrogen and oxygen atoms in total. The second kappa shape index (κ2) is 4.23. The van der Waals surface area contributed by atoms with E-state index in [4.69, 9.17) is 4.74 Å². The molecule has 0 aliphatic carbocycles. The van der Waals surface area contributed by atoms with Crippen molar-refractivity contribution >= 4 is 5.69 Å². The van der Waals surface area contributed by atoms with Crippen molar-refractivity contribution in [2.24, 2.45) is 0 Å².